The summed E-state index contributed by atoms with van der Waals surface area (Å²) < 4.78 is 5.12. The molecule has 0 saturated carbocycles. The van der Waals surface area contributed by atoms with Gasteiger partial charge in [0.25, 0.3) is 5.91 Å². The van der Waals surface area contributed by atoms with Gasteiger partial charge in [0.15, 0.2) is 11.9 Å². The molecule has 2 aromatic rings. The number of anilines is 1. The number of hydrogen-bond acceptors (Lipinski definition) is 4. The highest BCUT2D eigenvalue weighted by Gasteiger charge is 2.22. The van der Waals surface area contributed by atoms with Gasteiger partial charge < -0.3 is 10.1 Å². The Labute approximate surface area is 154 Å². The third-order valence-corrected chi connectivity index (χ3v) is 4.01. The number of benzene rings is 2. The first kappa shape index (κ1) is 19.0. The number of nitrogens with one attached hydrogen (secondary N) is 1. The van der Waals surface area contributed by atoms with Gasteiger partial charge in [-0.05, 0) is 50.2 Å². The van der Waals surface area contributed by atoms with E-state index in [1.807, 2.05) is 0 Å². The summed E-state index contributed by atoms with van der Waals surface area (Å²) in [6.45, 7) is 2.89. The lowest BCUT2D eigenvalue weighted by Crippen LogP contribution is -2.30. The van der Waals surface area contributed by atoms with E-state index < -0.39 is 18.0 Å². The van der Waals surface area contributed by atoms with Crippen LogP contribution in [0.15, 0.2) is 42.5 Å². The second-order valence-electron chi connectivity index (χ2n) is 5.27. The molecule has 1 N–H and O–H groups in total. The van der Waals surface area contributed by atoms with Crippen molar-refractivity contribution in [2.45, 2.75) is 20.0 Å². The molecule has 25 heavy (non-hydrogen) atoms. The molecule has 0 unspecified atom stereocenters. The molecule has 0 aromatic heterocycles. The molecular weight excluding hydrogens is 365 g/mol. The molecule has 2 aromatic carbocycles. The van der Waals surface area contributed by atoms with E-state index in [2.05, 4.69) is 5.32 Å². The van der Waals surface area contributed by atoms with E-state index in [1.54, 1.807) is 30.3 Å². The smallest absolute Gasteiger partial charge is 0.341 e. The van der Waals surface area contributed by atoms with Crippen LogP contribution in [-0.4, -0.2) is 23.8 Å². The number of hydrogen-bond donors (Lipinski definition) is 1. The largest absolute Gasteiger partial charge is 0.449 e. The van der Waals surface area contributed by atoms with Gasteiger partial charge >= 0.3 is 5.97 Å². The quantitative estimate of drug-likeness (QED) is 0.617. The van der Waals surface area contributed by atoms with Gasteiger partial charge in [-0.15, -0.1) is 0 Å². The number of Topliss-reactive ketones (excluding diaryl/α,β-unsaturated/α-hetero) is 1. The van der Waals surface area contributed by atoms with Crippen LogP contribution in [-0.2, 0) is 9.53 Å². The van der Waals surface area contributed by atoms with Gasteiger partial charge in [0.05, 0.1) is 15.6 Å². The molecule has 5 nitrogen and oxygen atoms in total. The molecule has 2 rings (SSSR count). The van der Waals surface area contributed by atoms with Crippen LogP contribution in [0.3, 0.4) is 0 Å². The monoisotopic (exact) mass is 379 g/mol. The van der Waals surface area contributed by atoms with Gasteiger partial charge in [-0.2, -0.15) is 0 Å². The SMILES string of the molecule is CC(=O)c1ccc(NC(=O)[C@H](C)OC(=O)c2c(Cl)cccc2Cl)cc1. The molecule has 0 radical (unpaired) electrons. The van der Waals surface area contributed by atoms with E-state index in [9.17, 15) is 14.4 Å². The first-order chi connectivity index (χ1) is 11.8. The molecule has 0 bridgehead atoms. The Hall–Kier alpha value is -2.37. The molecule has 1 atom stereocenters. The standard InChI is InChI=1S/C18H15Cl2NO4/c1-10(22)12-6-8-13(9-7-12)21-17(23)11(2)25-18(24)16-14(19)4-3-5-15(16)20/h3-9,11H,1-2H3,(H,21,23)/t11-/m0/s1. The van der Waals surface area contributed by atoms with Crippen molar-refractivity contribution in [2.75, 3.05) is 5.32 Å². The van der Waals surface area contributed by atoms with Gasteiger partial charge in [-0.1, -0.05) is 29.3 Å². The predicted molar refractivity (Wildman–Crippen MR) is 96.4 cm³/mol. The Morgan fingerprint density at radius 1 is 1.00 bits per heavy atom. The second kappa shape index (κ2) is 8.14. The van der Waals surface area contributed by atoms with Crippen molar-refractivity contribution in [3.05, 3.63) is 63.6 Å². The molecule has 0 spiro atoms. The average Bonchev–Trinajstić information content (AvgIpc) is 2.55. The maximum absolute atomic E-state index is 12.2. The molecule has 0 heterocycles. The van der Waals surface area contributed by atoms with Gasteiger partial charge in [0, 0.05) is 11.3 Å². The van der Waals surface area contributed by atoms with Crippen molar-refractivity contribution in [1.82, 2.24) is 0 Å². The summed E-state index contributed by atoms with van der Waals surface area (Å²) in [6, 6.07) is 11.0. The normalized spacial score (nSPS) is 11.5. The van der Waals surface area contributed by atoms with Crippen molar-refractivity contribution in [1.29, 1.82) is 0 Å². The summed E-state index contributed by atoms with van der Waals surface area (Å²) in [4.78, 5) is 35.5. The molecule has 0 saturated heterocycles. The van der Waals surface area contributed by atoms with Crippen molar-refractivity contribution < 1.29 is 19.1 Å². The predicted octanol–water partition coefficient (Wildman–Crippen LogP) is 4.38. The maximum atomic E-state index is 12.2. The highest BCUT2D eigenvalue weighted by molar-refractivity contribution is 6.39. The average molecular weight is 380 g/mol. The fourth-order valence-corrected chi connectivity index (χ4v) is 2.55. The summed E-state index contributed by atoms with van der Waals surface area (Å²) in [5.41, 5.74) is 1.02. The second-order valence-corrected chi connectivity index (χ2v) is 6.08. The van der Waals surface area contributed by atoms with Crippen LogP contribution in [0.1, 0.15) is 34.6 Å². The van der Waals surface area contributed by atoms with Crippen LogP contribution < -0.4 is 5.32 Å². The number of carbonyl (C=O) groups excluding carboxylic acids is 3. The Bertz CT molecular complexity index is 798. The van der Waals surface area contributed by atoms with E-state index >= 15 is 0 Å². The molecule has 1 amide bonds. The number of carbonyl (C=O) groups is 3. The highest BCUT2D eigenvalue weighted by atomic mass is 35.5. The number of amides is 1. The lowest BCUT2D eigenvalue weighted by atomic mass is 10.1. The minimum Gasteiger partial charge on any atom is -0.449 e. The van der Waals surface area contributed by atoms with Crippen LogP contribution in [0.5, 0.6) is 0 Å². The summed E-state index contributed by atoms with van der Waals surface area (Å²) in [6.07, 6.45) is -1.06. The van der Waals surface area contributed by atoms with E-state index in [0.717, 1.165) is 0 Å². The topological polar surface area (TPSA) is 72.5 Å². The fourth-order valence-electron chi connectivity index (χ4n) is 2.00. The number of esters is 1. The maximum Gasteiger partial charge on any atom is 0.341 e. The Morgan fingerprint density at radius 3 is 2.08 bits per heavy atom. The van der Waals surface area contributed by atoms with Gasteiger partial charge in [0.1, 0.15) is 0 Å². The van der Waals surface area contributed by atoms with E-state index in [1.165, 1.54) is 26.0 Å². The minimum absolute atomic E-state index is 0.0105. The molecular formula is C18H15Cl2NO4. The zero-order valence-electron chi connectivity index (χ0n) is 13.5. The highest BCUT2D eigenvalue weighted by Crippen LogP contribution is 2.25. The zero-order chi connectivity index (χ0) is 18.6. The first-order valence-electron chi connectivity index (χ1n) is 7.36. The van der Waals surface area contributed by atoms with Crippen LogP contribution >= 0.6 is 23.2 Å². The summed E-state index contributed by atoms with van der Waals surface area (Å²) in [5, 5.41) is 2.89. The molecule has 130 valence electrons. The van der Waals surface area contributed by atoms with Crippen molar-refractivity contribution in [2.24, 2.45) is 0 Å². The number of halogens is 2. The third-order valence-electron chi connectivity index (χ3n) is 3.38. The summed E-state index contributed by atoms with van der Waals surface area (Å²) >= 11 is 11.9. The first-order valence-corrected chi connectivity index (χ1v) is 8.12. The van der Waals surface area contributed by atoms with Gasteiger partial charge in [-0.3, -0.25) is 9.59 Å². The Kier molecular flexibility index (Phi) is 6.17. The Balaban J connectivity index is 2.02. The molecule has 0 fully saturated rings. The lowest BCUT2D eigenvalue weighted by molar-refractivity contribution is -0.123. The molecule has 0 aliphatic heterocycles. The third kappa shape index (κ3) is 4.81. The summed E-state index contributed by atoms with van der Waals surface area (Å²) in [5.74, 6) is -1.38. The van der Waals surface area contributed by atoms with Crippen LogP contribution in [0, 0.1) is 0 Å². The summed E-state index contributed by atoms with van der Waals surface area (Å²) in [7, 11) is 0. The molecule has 7 heteroatoms. The fraction of sp³-hybridized carbons (Fsp3) is 0.167. The number of rotatable bonds is 5. The van der Waals surface area contributed by atoms with Crippen molar-refractivity contribution >= 4 is 46.5 Å². The number of ether oxygens (including phenoxy) is 1. The zero-order valence-corrected chi connectivity index (χ0v) is 15.0. The lowest BCUT2D eigenvalue weighted by Gasteiger charge is -2.14. The minimum atomic E-state index is -1.06. The van der Waals surface area contributed by atoms with E-state index in [4.69, 9.17) is 27.9 Å². The van der Waals surface area contributed by atoms with Crippen LogP contribution in [0.25, 0.3) is 0 Å². The van der Waals surface area contributed by atoms with Gasteiger partial charge in [-0.25, -0.2) is 4.79 Å². The van der Waals surface area contributed by atoms with Crippen LogP contribution in [0.4, 0.5) is 5.69 Å². The molecule has 0 aliphatic rings. The molecule has 0 aliphatic carbocycles. The van der Waals surface area contributed by atoms with Crippen molar-refractivity contribution in [3.8, 4) is 0 Å². The number of ketones is 1. The van der Waals surface area contributed by atoms with Crippen LogP contribution in [0.2, 0.25) is 10.0 Å². The van der Waals surface area contributed by atoms with Gasteiger partial charge in [0.2, 0.25) is 0 Å². The Morgan fingerprint density at radius 2 is 1.56 bits per heavy atom. The van der Waals surface area contributed by atoms with E-state index in [-0.39, 0.29) is 21.4 Å². The van der Waals surface area contributed by atoms with E-state index in [0.29, 0.717) is 11.3 Å². The van der Waals surface area contributed by atoms with Crippen molar-refractivity contribution in [3.63, 3.8) is 0 Å².